The van der Waals surface area contributed by atoms with Crippen molar-refractivity contribution in [2.75, 3.05) is 42.7 Å². The van der Waals surface area contributed by atoms with E-state index >= 15 is 0 Å². The Kier molecular flexibility index (Phi) is 9.76. The summed E-state index contributed by atoms with van der Waals surface area (Å²) in [5, 5.41) is 24.4. The van der Waals surface area contributed by atoms with Crippen LogP contribution < -0.4 is 20.7 Å². The van der Waals surface area contributed by atoms with E-state index in [9.17, 15) is 19.5 Å². The summed E-state index contributed by atoms with van der Waals surface area (Å²) in [6.45, 7) is 7.53. The molecule has 0 aliphatic carbocycles. The normalized spacial score (nSPS) is 17.2. The Hall–Kier alpha value is -5.10. The first-order chi connectivity index (χ1) is 22.0. The number of urea groups is 2. The molecule has 12 nitrogen and oxygen atoms in total. The maximum absolute atomic E-state index is 13.6. The van der Waals surface area contributed by atoms with E-state index in [0.29, 0.717) is 46.4 Å². The number of nitrogens with one attached hydrogen (secondary N) is 3. The van der Waals surface area contributed by atoms with E-state index in [1.807, 2.05) is 49.4 Å². The first kappa shape index (κ1) is 32.3. The molecule has 0 saturated heterocycles. The largest absolute Gasteiger partial charge is 0.488 e. The second-order valence-electron chi connectivity index (χ2n) is 11.8. The zero-order chi connectivity index (χ0) is 33.0. The minimum atomic E-state index is -0.507. The summed E-state index contributed by atoms with van der Waals surface area (Å²) in [6, 6.07) is 17.4. The standard InChI is InChI=1S/C34H40N6O6/c1-20-17-40(21(2)19-41)31(42)16-25-15-26(35-33(43)36-28-12-8-10-24-9-6-7-11-27(24)28)13-14-29(25)45-30(20)18-39(5)34(44)37-32-22(3)38-46-23(32)4/h6-15,20-21,30,41H,16-19H2,1-5H3,(H,37,44)(H2,35,36,43)/t20-,21+,30-/m1/s1. The van der Waals surface area contributed by atoms with Crippen molar-refractivity contribution in [3.8, 4) is 5.75 Å². The number of amides is 5. The second kappa shape index (κ2) is 13.9. The van der Waals surface area contributed by atoms with E-state index < -0.39 is 18.2 Å². The van der Waals surface area contributed by atoms with Gasteiger partial charge in [-0.25, -0.2) is 9.59 Å². The number of nitrogens with zero attached hydrogens (tertiary/aromatic N) is 3. The number of rotatable bonds is 7. The molecule has 0 fully saturated rings. The fourth-order valence-electron chi connectivity index (χ4n) is 5.56. The molecule has 3 aromatic carbocycles. The van der Waals surface area contributed by atoms with Crippen molar-refractivity contribution >= 4 is 45.8 Å². The number of hydrogen-bond acceptors (Lipinski definition) is 7. The molecule has 0 radical (unpaired) electrons. The summed E-state index contributed by atoms with van der Waals surface area (Å²) in [7, 11) is 1.66. The summed E-state index contributed by atoms with van der Waals surface area (Å²) in [5.74, 6) is 0.592. The number of anilines is 3. The Morgan fingerprint density at radius 1 is 1.09 bits per heavy atom. The number of carbonyl (C=O) groups excluding carboxylic acids is 3. The van der Waals surface area contributed by atoms with E-state index in [4.69, 9.17) is 9.26 Å². The third-order valence-electron chi connectivity index (χ3n) is 8.28. The van der Waals surface area contributed by atoms with Crippen LogP contribution >= 0.6 is 0 Å². The van der Waals surface area contributed by atoms with Crippen LogP contribution in [0.25, 0.3) is 10.8 Å². The predicted octanol–water partition coefficient (Wildman–Crippen LogP) is 5.40. The molecule has 1 aliphatic heterocycles. The smallest absolute Gasteiger partial charge is 0.323 e. The zero-order valence-corrected chi connectivity index (χ0v) is 26.7. The summed E-state index contributed by atoms with van der Waals surface area (Å²) in [4.78, 5) is 42.9. The number of aromatic nitrogens is 1. The second-order valence-corrected chi connectivity index (χ2v) is 11.8. The van der Waals surface area contributed by atoms with Gasteiger partial charge in [0.25, 0.3) is 0 Å². The number of hydrogen-bond donors (Lipinski definition) is 4. The highest BCUT2D eigenvalue weighted by molar-refractivity contribution is 6.06. The van der Waals surface area contributed by atoms with Gasteiger partial charge in [0.2, 0.25) is 5.91 Å². The van der Waals surface area contributed by atoms with Crippen LogP contribution in [0.3, 0.4) is 0 Å². The van der Waals surface area contributed by atoms with Gasteiger partial charge >= 0.3 is 12.1 Å². The van der Waals surface area contributed by atoms with Crippen molar-refractivity contribution in [1.82, 2.24) is 15.0 Å². The van der Waals surface area contributed by atoms with Gasteiger partial charge in [0.1, 0.15) is 23.2 Å². The maximum atomic E-state index is 13.6. The first-order valence-corrected chi connectivity index (χ1v) is 15.2. The molecule has 4 N–H and O–H groups in total. The summed E-state index contributed by atoms with van der Waals surface area (Å²) >= 11 is 0. The van der Waals surface area contributed by atoms with Crippen LogP contribution in [0.1, 0.15) is 30.9 Å². The lowest BCUT2D eigenvalue weighted by molar-refractivity contribution is -0.134. The molecule has 0 unspecified atom stereocenters. The highest BCUT2D eigenvalue weighted by Gasteiger charge is 2.32. The minimum absolute atomic E-state index is 0.00193. The van der Waals surface area contributed by atoms with Crippen molar-refractivity contribution in [1.29, 1.82) is 0 Å². The highest BCUT2D eigenvalue weighted by atomic mass is 16.5. The molecule has 46 heavy (non-hydrogen) atoms. The lowest BCUT2D eigenvalue weighted by Crippen LogP contribution is -2.48. The molecular formula is C34H40N6O6. The monoisotopic (exact) mass is 628 g/mol. The topological polar surface area (TPSA) is 149 Å². The average molecular weight is 629 g/mol. The van der Waals surface area contributed by atoms with Crippen LogP contribution in [0.2, 0.25) is 0 Å². The predicted molar refractivity (Wildman–Crippen MR) is 176 cm³/mol. The summed E-state index contributed by atoms with van der Waals surface area (Å²) < 4.78 is 11.7. The minimum Gasteiger partial charge on any atom is -0.488 e. The van der Waals surface area contributed by atoms with E-state index in [-0.39, 0.29) is 37.4 Å². The number of aliphatic hydroxyl groups is 1. The van der Waals surface area contributed by atoms with Crippen LogP contribution in [0.15, 0.2) is 65.2 Å². The third kappa shape index (κ3) is 7.23. The SMILES string of the molecule is Cc1noc(C)c1NC(=O)N(C)C[C@H]1Oc2ccc(NC(=O)Nc3cccc4ccccc34)cc2CC(=O)N([C@@H](C)CO)C[C@H]1C. The number of fused-ring (bicyclic) bond motifs is 2. The van der Waals surface area contributed by atoms with Gasteiger partial charge in [-0.2, -0.15) is 0 Å². The molecule has 0 saturated carbocycles. The molecule has 4 aromatic rings. The maximum Gasteiger partial charge on any atom is 0.323 e. The van der Waals surface area contributed by atoms with Gasteiger partial charge in [0.05, 0.1) is 31.3 Å². The Balaban J connectivity index is 1.37. The van der Waals surface area contributed by atoms with Crippen molar-refractivity contribution < 1.29 is 28.8 Å². The van der Waals surface area contributed by atoms with Crippen molar-refractivity contribution in [2.45, 2.75) is 46.3 Å². The lowest BCUT2D eigenvalue weighted by Gasteiger charge is -2.34. The Morgan fingerprint density at radius 3 is 2.59 bits per heavy atom. The van der Waals surface area contributed by atoms with Gasteiger partial charge in [-0.3, -0.25) is 4.79 Å². The van der Waals surface area contributed by atoms with E-state index in [0.717, 1.165) is 10.8 Å². The van der Waals surface area contributed by atoms with Crippen LogP contribution in [-0.4, -0.2) is 76.9 Å². The highest BCUT2D eigenvalue weighted by Crippen LogP contribution is 2.30. The molecule has 3 atom stereocenters. The molecule has 1 aliphatic rings. The van der Waals surface area contributed by atoms with Gasteiger partial charge in [0.15, 0.2) is 5.76 Å². The van der Waals surface area contributed by atoms with Crippen LogP contribution in [0, 0.1) is 19.8 Å². The van der Waals surface area contributed by atoms with Gasteiger partial charge in [-0.1, -0.05) is 48.5 Å². The van der Waals surface area contributed by atoms with E-state index in [1.54, 1.807) is 50.9 Å². The number of ether oxygens (including phenoxy) is 1. The first-order valence-electron chi connectivity index (χ1n) is 15.2. The zero-order valence-electron chi connectivity index (χ0n) is 26.7. The van der Waals surface area contributed by atoms with Gasteiger partial charge in [0, 0.05) is 36.1 Å². The molecule has 1 aromatic heterocycles. The van der Waals surface area contributed by atoms with Crippen molar-refractivity contribution in [3.05, 3.63) is 77.7 Å². The summed E-state index contributed by atoms with van der Waals surface area (Å²) in [5.41, 5.74) is 2.82. The van der Waals surface area contributed by atoms with Gasteiger partial charge in [-0.05, 0) is 50.4 Å². The van der Waals surface area contributed by atoms with Gasteiger partial charge in [-0.15, -0.1) is 0 Å². The molecule has 12 heteroatoms. The number of carbonyl (C=O) groups is 3. The molecule has 5 amide bonds. The number of aryl methyl sites for hydroxylation is 2. The molecule has 5 rings (SSSR count). The fraction of sp³-hybridized carbons (Fsp3) is 0.353. The Labute approximate surface area is 267 Å². The molecule has 242 valence electrons. The average Bonchev–Trinajstić information content (AvgIpc) is 3.37. The number of likely N-dealkylation sites (N-methyl/N-ethyl adjacent to an activating group) is 1. The Morgan fingerprint density at radius 2 is 1.85 bits per heavy atom. The van der Waals surface area contributed by atoms with Crippen molar-refractivity contribution in [2.24, 2.45) is 5.92 Å². The third-order valence-corrected chi connectivity index (χ3v) is 8.28. The Bertz CT molecular complexity index is 1710. The van der Waals surface area contributed by atoms with Crippen LogP contribution in [0.5, 0.6) is 5.75 Å². The van der Waals surface area contributed by atoms with E-state index in [2.05, 4.69) is 21.1 Å². The quantitative estimate of drug-likeness (QED) is 0.214. The number of aliphatic hydroxyl groups excluding tert-OH is 1. The lowest BCUT2D eigenvalue weighted by atomic mass is 10.0. The van der Waals surface area contributed by atoms with Crippen LogP contribution in [0.4, 0.5) is 26.7 Å². The van der Waals surface area contributed by atoms with Crippen LogP contribution in [-0.2, 0) is 11.2 Å². The molecule has 0 spiro atoms. The summed E-state index contributed by atoms with van der Waals surface area (Å²) in [6.07, 6.45) is -0.506. The number of benzene rings is 3. The van der Waals surface area contributed by atoms with Gasteiger partial charge < -0.3 is 40.1 Å². The fourth-order valence-corrected chi connectivity index (χ4v) is 5.56. The molecular weight excluding hydrogens is 588 g/mol. The van der Waals surface area contributed by atoms with E-state index in [1.165, 1.54) is 4.90 Å². The molecule has 2 heterocycles. The molecule has 0 bridgehead atoms. The van der Waals surface area contributed by atoms with Crippen molar-refractivity contribution in [3.63, 3.8) is 0 Å².